The van der Waals surface area contributed by atoms with Crippen LogP contribution in [0.15, 0.2) is 60.8 Å². The van der Waals surface area contributed by atoms with Gasteiger partial charge in [0.2, 0.25) is 0 Å². The topological polar surface area (TPSA) is 192 Å². The molecule has 0 fully saturated rings. The number of phenolic OH excluding ortho intramolecular Hbond substituents is 4. The molecule has 0 radical (unpaired) electrons. The lowest BCUT2D eigenvalue weighted by Crippen LogP contribution is -2.17. The average Bonchev–Trinajstić information content (AvgIpc) is 2.84. The fourth-order valence-electron chi connectivity index (χ4n) is 2.83. The molecule has 0 aliphatic rings. The summed E-state index contributed by atoms with van der Waals surface area (Å²) in [5, 5.41) is 47.0. The quantitative estimate of drug-likeness (QED) is 0.107. The Morgan fingerprint density at radius 1 is 0.750 bits per heavy atom. The molecule has 0 saturated carbocycles. The third kappa shape index (κ3) is 6.11. The van der Waals surface area contributed by atoms with Crippen LogP contribution in [0.2, 0.25) is 0 Å². The lowest BCUT2D eigenvalue weighted by Gasteiger charge is -2.06. The van der Waals surface area contributed by atoms with Crippen molar-refractivity contribution in [1.82, 2.24) is 4.98 Å². The van der Waals surface area contributed by atoms with E-state index in [0.717, 1.165) is 30.5 Å². The van der Waals surface area contributed by atoms with Crippen molar-refractivity contribution in [1.29, 1.82) is 0 Å². The number of aromatic nitrogens is 1. The molecule has 36 heavy (non-hydrogen) atoms. The van der Waals surface area contributed by atoms with Crippen molar-refractivity contribution in [3.63, 3.8) is 0 Å². The van der Waals surface area contributed by atoms with E-state index in [0.29, 0.717) is 11.1 Å². The van der Waals surface area contributed by atoms with Gasteiger partial charge in [0, 0.05) is 17.8 Å². The Morgan fingerprint density at radius 3 is 1.83 bits per heavy atom. The first-order chi connectivity index (χ1) is 17.0. The van der Waals surface area contributed by atoms with E-state index in [4.69, 9.17) is 0 Å². The van der Waals surface area contributed by atoms with E-state index >= 15 is 0 Å². The Balaban J connectivity index is 1.79. The third-order valence-corrected chi connectivity index (χ3v) is 4.63. The molecular formula is C25H17NO10. The molecule has 3 aromatic rings. The predicted octanol–water partition coefficient (Wildman–Crippen LogP) is 2.90. The number of carboxylic acid groups (broad SMARTS) is 1. The molecule has 0 spiro atoms. The Morgan fingerprint density at radius 2 is 1.31 bits per heavy atom. The molecule has 5 N–H and O–H groups in total. The second-order valence-corrected chi connectivity index (χ2v) is 7.16. The maximum Gasteiger partial charge on any atom is 0.355 e. The van der Waals surface area contributed by atoms with Crippen molar-refractivity contribution in [2.24, 2.45) is 0 Å². The fraction of sp³-hybridized carbons (Fsp3) is 0. The first-order valence-electron chi connectivity index (χ1n) is 9.99. The minimum atomic E-state index is -1.60. The predicted molar refractivity (Wildman–Crippen MR) is 124 cm³/mol. The first-order valence-corrected chi connectivity index (χ1v) is 9.99. The number of nitrogens with zero attached hydrogens (tertiary/aromatic N) is 1. The number of phenols is 4. The largest absolute Gasteiger partial charge is 0.504 e. The number of pyridine rings is 1. The van der Waals surface area contributed by atoms with Crippen LogP contribution in [-0.4, -0.2) is 54.2 Å². The van der Waals surface area contributed by atoms with Crippen LogP contribution >= 0.6 is 0 Å². The van der Waals surface area contributed by atoms with Crippen LogP contribution in [0.5, 0.6) is 23.0 Å². The Hall–Kier alpha value is -5.45. The van der Waals surface area contributed by atoms with Crippen LogP contribution in [0.3, 0.4) is 0 Å². The van der Waals surface area contributed by atoms with Gasteiger partial charge in [-0.3, -0.25) is 4.79 Å². The standard InChI is InChI=1S/C25H17NO10/c27-17(5-1-13-2-6-18(28)20(30)9-13)15-11-16(23(24(33)34)26-12-15)25(35)36-22(32)8-4-14-3-7-19(29)21(31)10-14/h1-12,28-31H,(H,33,34). The molecule has 1 heterocycles. The van der Waals surface area contributed by atoms with E-state index in [-0.39, 0.29) is 17.1 Å². The summed E-state index contributed by atoms with van der Waals surface area (Å²) >= 11 is 0. The zero-order valence-corrected chi connectivity index (χ0v) is 18.2. The number of hydrogen-bond donors (Lipinski definition) is 5. The van der Waals surface area contributed by atoms with Crippen molar-refractivity contribution in [2.45, 2.75) is 0 Å². The minimum Gasteiger partial charge on any atom is -0.504 e. The molecule has 0 atom stereocenters. The number of carbonyl (C=O) groups is 4. The summed E-state index contributed by atoms with van der Waals surface area (Å²) in [5.41, 5.74) is -0.914. The molecule has 0 aliphatic carbocycles. The second kappa shape index (κ2) is 10.7. The maximum atomic E-state index is 12.5. The highest BCUT2D eigenvalue weighted by molar-refractivity contribution is 6.11. The lowest BCUT2D eigenvalue weighted by atomic mass is 10.1. The molecule has 0 unspecified atom stereocenters. The molecule has 182 valence electrons. The number of allylic oxidation sites excluding steroid dienone is 1. The summed E-state index contributed by atoms with van der Waals surface area (Å²) in [7, 11) is 0. The number of esters is 2. The van der Waals surface area contributed by atoms with Gasteiger partial charge in [-0.25, -0.2) is 19.4 Å². The van der Waals surface area contributed by atoms with Crippen molar-refractivity contribution >= 4 is 35.8 Å². The fourth-order valence-corrected chi connectivity index (χ4v) is 2.83. The molecule has 3 rings (SSSR count). The molecule has 11 nitrogen and oxygen atoms in total. The van der Waals surface area contributed by atoms with Gasteiger partial charge < -0.3 is 30.3 Å². The van der Waals surface area contributed by atoms with Crippen LogP contribution in [-0.2, 0) is 9.53 Å². The zero-order chi connectivity index (χ0) is 26.4. The number of benzene rings is 2. The van der Waals surface area contributed by atoms with E-state index < -0.39 is 46.4 Å². The maximum absolute atomic E-state index is 12.5. The summed E-state index contributed by atoms with van der Waals surface area (Å²) < 4.78 is 4.63. The normalized spacial score (nSPS) is 11.0. The molecule has 0 amide bonds. The highest BCUT2D eigenvalue weighted by atomic mass is 16.6. The van der Waals surface area contributed by atoms with Gasteiger partial charge in [0.1, 0.15) is 0 Å². The molecule has 1 aromatic heterocycles. The smallest absolute Gasteiger partial charge is 0.355 e. The van der Waals surface area contributed by atoms with Gasteiger partial charge in [-0.15, -0.1) is 0 Å². The van der Waals surface area contributed by atoms with E-state index in [1.165, 1.54) is 42.5 Å². The molecule has 2 aromatic carbocycles. The third-order valence-electron chi connectivity index (χ3n) is 4.63. The van der Waals surface area contributed by atoms with Crippen molar-refractivity contribution in [2.75, 3.05) is 0 Å². The number of aromatic carboxylic acids is 1. The van der Waals surface area contributed by atoms with Gasteiger partial charge >= 0.3 is 17.9 Å². The summed E-state index contributed by atoms with van der Waals surface area (Å²) in [6.07, 6.45) is 5.32. The van der Waals surface area contributed by atoms with Gasteiger partial charge in [0.25, 0.3) is 0 Å². The number of ketones is 1. The van der Waals surface area contributed by atoms with Gasteiger partial charge in [0.15, 0.2) is 34.5 Å². The van der Waals surface area contributed by atoms with Gasteiger partial charge in [-0.1, -0.05) is 18.2 Å². The van der Waals surface area contributed by atoms with Gasteiger partial charge in [0.05, 0.1) is 5.56 Å². The Labute approximate surface area is 202 Å². The average molecular weight is 491 g/mol. The van der Waals surface area contributed by atoms with Crippen LogP contribution in [0.4, 0.5) is 0 Å². The molecule has 0 bridgehead atoms. The minimum absolute atomic E-state index is 0.186. The number of rotatable bonds is 7. The highest BCUT2D eigenvalue weighted by Crippen LogP contribution is 2.26. The van der Waals surface area contributed by atoms with E-state index in [1.54, 1.807) is 0 Å². The highest BCUT2D eigenvalue weighted by Gasteiger charge is 2.23. The molecule has 11 heteroatoms. The van der Waals surface area contributed by atoms with Gasteiger partial charge in [-0.2, -0.15) is 0 Å². The van der Waals surface area contributed by atoms with Crippen molar-refractivity contribution < 1.29 is 49.4 Å². The van der Waals surface area contributed by atoms with Crippen LogP contribution in [0.25, 0.3) is 12.2 Å². The summed E-state index contributed by atoms with van der Waals surface area (Å²) in [4.78, 5) is 52.1. The summed E-state index contributed by atoms with van der Waals surface area (Å²) in [6, 6.07) is 8.45. The number of ether oxygens (including phenoxy) is 1. The van der Waals surface area contributed by atoms with Crippen molar-refractivity contribution in [3.8, 4) is 23.0 Å². The van der Waals surface area contributed by atoms with E-state index in [2.05, 4.69) is 9.72 Å². The van der Waals surface area contributed by atoms with Crippen LogP contribution in [0.1, 0.15) is 42.3 Å². The van der Waals surface area contributed by atoms with Crippen molar-refractivity contribution in [3.05, 3.63) is 88.8 Å². The summed E-state index contributed by atoms with van der Waals surface area (Å²) in [6.45, 7) is 0. The SMILES string of the molecule is O=C(C=Cc1ccc(O)c(O)c1)OC(=O)c1cc(C(=O)C=Cc2ccc(O)c(O)c2)cnc1C(=O)O. The molecular weight excluding hydrogens is 474 g/mol. The monoisotopic (exact) mass is 491 g/mol. The second-order valence-electron chi connectivity index (χ2n) is 7.16. The number of hydrogen-bond acceptors (Lipinski definition) is 10. The zero-order valence-electron chi connectivity index (χ0n) is 18.2. The molecule has 0 saturated heterocycles. The van der Waals surface area contributed by atoms with Crippen LogP contribution < -0.4 is 0 Å². The number of aromatic hydroxyl groups is 4. The lowest BCUT2D eigenvalue weighted by molar-refractivity contribution is -0.132. The number of carbonyl (C=O) groups excluding carboxylic acids is 3. The van der Waals surface area contributed by atoms with E-state index in [1.807, 2.05) is 0 Å². The first kappa shape index (κ1) is 25.2. The molecule has 0 aliphatic heterocycles. The Kier molecular flexibility index (Phi) is 7.45. The number of carboxylic acids is 1. The summed E-state index contributed by atoms with van der Waals surface area (Å²) in [5.74, 6) is -6.37. The van der Waals surface area contributed by atoms with Gasteiger partial charge in [-0.05, 0) is 53.6 Å². The van der Waals surface area contributed by atoms with Crippen LogP contribution in [0, 0.1) is 0 Å². The Bertz CT molecular complexity index is 1440. The van der Waals surface area contributed by atoms with E-state index in [9.17, 15) is 44.7 Å².